The summed E-state index contributed by atoms with van der Waals surface area (Å²) in [4.78, 5) is 32.0. The number of hydrogen-bond donors (Lipinski definition) is 1. The molecule has 0 bridgehead atoms. The molecule has 0 saturated heterocycles. The van der Waals surface area contributed by atoms with Gasteiger partial charge in [-0.15, -0.1) is 0 Å². The average molecular weight is 542 g/mol. The Morgan fingerprint density at radius 1 is 1.21 bits per heavy atom. The first kappa shape index (κ1) is 24.1. The van der Waals surface area contributed by atoms with Crippen LogP contribution in [0.3, 0.4) is 0 Å². The van der Waals surface area contributed by atoms with Crippen LogP contribution in [0, 0.1) is 6.92 Å². The Hall–Kier alpha value is -3.04. The molecule has 0 fully saturated rings. The lowest BCUT2D eigenvalue weighted by molar-refractivity contribution is -0.139. The third-order valence-corrected chi connectivity index (χ3v) is 6.99. The van der Waals surface area contributed by atoms with E-state index in [-0.39, 0.29) is 19.1 Å². The number of nitrogens with zero attached hydrogens (tertiary/aromatic N) is 2. The van der Waals surface area contributed by atoms with Crippen LogP contribution in [0.2, 0.25) is 0 Å². The summed E-state index contributed by atoms with van der Waals surface area (Å²) in [5.74, 6) is -0.191. The summed E-state index contributed by atoms with van der Waals surface area (Å²) in [5.41, 5.74) is 3.51. The summed E-state index contributed by atoms with van der Waals surface area (Å²) in [6.45, 7) is 5.61. The number of halogens is 1. The van der Waals surface area contributed by atoms with Gasteiger partial charge in [-0.1, -0.05) is 45.9 Å². The minimum Gasteiger partial charge on any atom is -0.483 e. The molecule has 2 aliphatic heterocycles. The Bertz CT molecular complexity index is 1220. The highest BCUT2D eigenvalue weighted by Crippen LogP contribution is 2.43. The van der Waals surface area contributed by atoms with Crippen molar-refractivity contribution in [3.05, 3.63) is 80.9 Å². The molecule has 7 nitrogen and oxygen atoms in total. The van der Waals surface area contributed by atoms with Gasteiger partial charge in [0, 0.05) is 21.9 Å². The zero-order chi connectivity index (χ0) is 24.2. The molecule has 0 aromatic heterocycles. The van der Waals surface area contributed by atoms with Gasteiger partial charge in [-0.25, -0.2) is 9.79 Å². The topological polar surface area (TPSA) is 80.2 Å². The number of amides is 1. The summed E-state index contributed by atoms with van der Waals surface area (Å²) in [6, 6.07) is 12.5. The van der Waals surface area contributed by atoms with Gasteiger partial charge >= 0.3 is 5.97 Å². The smallest absolute Gasteiger partial charge is 0.338 e. The number of benzene rings is 2. The Balaban J connectivity index is 1.58. The largest absolute Gasteiger partial charge is 0.483 e. The molecule has 0 radical (unpaired) electrons. The quantitative estimate of drug-likeness (QED) is 0.463. The number of carbonyl (C=O) groups is 2. The van der Waals surface area contributed by atoms with E-state index in [1.165, 1.54) is 11.8 Å². The summed E-state index contributed by atoms with van der Waals surface area (Å²) in [7, 11) is 0. The number of carbonyl (C=O) groups excluding carboxylic acids is 2. The number of thioether (sulfide) groups is 1. The highest BCUT2D eigenvalue weighted by molar-refractivity contribution is 9.10. The minimum absolute atomic E-state index is 0.179. The van der Waals surface area contributed by atoms with Crippen LogP contribution < -0.4 is 10.1 Å². The first-order valence-corrected chi connectivity index (χ1v) is 12.4. The van der Waals surface area contributed by atoms with Crippen LogP contribution >= 0.6 is 27.7 Å². The monoisotopic (exact) mass is 541 g/mol. The van der Waals surface area contributed by atoms with E-state index >= 15 is 0 Å². The molecular weight excluding hydrogens is 518 g/mol. The van der Waals surface area contributed by atoms with E-state index in [9.17, 15) is 9.59 Å². The van der Waals surface area contributed by atoms with Crippen LogP contribution in [0.15, 0.2) is 74.8 Å². The van der Waals surface area contributed by atoms with Gasteiger partial charge in [0.25, 0.3) is 5.91 Å². The Morgan fingerprint density at radius 2 is 2.00 bits per heavy atom. The fraction of sp³-hybridized carbons (Fsp3) is 0.240. The molecule has 1 N–H and O–H groups in total. The van der Waals surface area contributed by atoms with E-state index in [4.69, 9.17) is 9.47 Å². The van der Waals surface area contributed by atoms with Crippen molar-refractivity contribution in [3.8, 4) is 5.75 Å². The van der Waals surface area contributed by atoms with E-state index in [1.54, 1.807) is 19.9 Å². The van der Waals surface area contributed by atoms with Crippen molar-refractivity contribution in [2.45, 2.75) is 26.8 Å². The standard InChI is InChI=1S/C25H24BrN3O4S/c1-4-32-24(31)22-16(3)27-25-29(11-12-34-25)23(22)18-7-5-6-8-20(18)33-14-21(30)28-17-9-10-19(26)15(2)13-17/h5-13,23H,4,14H2,1-3H3,(H,28,30)/t23-/m1/s1. The second-order valence-corrected chi connectivity index (χ2v) is 9.39. The number of nitrogens with one attached hydrogen (secondary N) is 1. The number of allylic oxidation sites excluding steroid dienone is 1. The van der Waals surface area contributed by atoms with Crippen molar-refractivity contribution in [1.82, 2.24) is 4.90 Å². The first-order valence-electron chi connectivity index (χ1n) is 10.7. The molecule has 0 spiro atoms. The molecule has 0 saturated carbocycles. The van der Waals surface area contributed by atoms with Crippen molar-refractivity contribution in [2.75, 3.05) is 18.5 Å². The summed E-state index contributed by atoms with van der Waals surface area (Å²) in [5, 5.41) is 5.55. The maximum absolute atomic E-state index is 12.9. The fourth-order valence-corrected chi connectivity index (χ4v) is 4.81. The number of esters is 1. The van der Waals surface area contributed by atoms with Gasteiger partial charge in [-0.3, -0.25) is 4.79 Å². The molecule has 1 amide bonds. The lowest BCUT2D eigenvalue weighted by Crippen LogP contribution is -2.34. The van der Waals surface area contributed by atoms with Crippen molar-refractivity contribution < 1.29 is 19.1 Å². The molecule has 9 heteroatoms. The number of amidine groups is 1. The van der Waals surface area contributed by atoms with Gasteiger partial charge in [-0.05, 0) is 56.0 Å². The minimum atomic E-state index is -0.480. The number of aryl methyl sites for hydroxylation is 1. The zero-order valence-corrected chi connectivity index (χ0v) is 21.4. The lowest BCUT2D eigenvalue weighted by atomic mass is 9.94. The van der Waals surface area contributed by atoms with Crippen molar-refractivity contribution in [3.63, 3.8) is 0 Å². The van der Waals surface area contributed by atoms with Crippen molar-refractivity contribution >= 4 is 50.4 Å². The third-order valence-electron chi connectivity index (χ3n) is 5.33. The van der Waals surface area contributed by atoms with Crippen LogP contribution in [-0.2, 0) is 14.3 Å². The number of aliphatic imine (C=N–C) groups is 1. The molecule has 2 aromatic carbocycles. The van der Waals surface area contributed by atoms with Gasteiger partial charge < -0.3 is 19.7 Å². The maximum Gasteiger partial charge on any atom is 0.338 e. The molecule has 0 unspecified atom stereocenters. The molecule has 34 heavy (non-hydrogen) atoms. The second-order valence-electron chi connectivity index (χ2n) is 7.67. The lowest BCUT2D eigenvalue weighted by Gasteiger charge is -2.34. The Morgan fingerprint density at radius 3 is 2.76 bits per heavy atom. The van der Waals surface area contributed by atoms with Gasteiger partial charge in [0.05, 0.1) is 23.9 Å². The van der Waals surface area contributed by atoms with Crippen LogP contribution in [0.25, 0.3) is 0 Å². The Labute approximate surface area is 211 Å². The number of para-hydroxylation sites is 1. The average Bonchev–Trinajstić information content (AvgIpc) is 3.27. The summed E-state index contributed by atoms with van der Waals surface area (Å²) in [6.07, 6.45) is 1.89. The van der Waals surface area contributed by atoms with E-state index in [1.807, 2.05) is 59.8 Å². The van der Waals surface area contributed by atoms with Crippen molar-refractivity contribution in [2.24, 2.45) is 4.99 Å². The number of fused-ring (bicyclic) bond motifs is 1. The summed E-state index contributed by atoms with van der Waals surface area (Å²) >= 11 is 4.94. The first-order chi connectivity index (χ1) is 16.4. The van der Waals surface area contributed by atoms with Gasteiger partial charge in [0.1, 0.15) is 5.75 Å². The number of ether oxygens (including phenoxy) is 2. The number of hydrogen-bond acceptors (Lipinski definition) is 7. The van der Waals surface area contributed by atoms with Gasteiger partial charge in [0.2, 0.25) is 0 Å². The third kappa shape index (κ3) is 5.05. The van der Waals surface area contributed by atoms with E-state index in [0.29, 0.717) is 22.7 Å². The molecule has 1 atom stereocenters. The van der Waals surface area contributed by atoms with Gasteiger partial charge in [-0.2, -0.15) is 0 Å². The van der Waals surface area contributed by atoms with E-state index in [2.05, 4.69) is 26.2 Å². The number of rotatable bonds is 7. The predicted molar refractivity (Wildman–Crippen MR) is 138 cm³/mol. The molecule has 4 rings (SSSR count). The highest BCUT2D eigenvalue weighted by Gasteiger charge is 2.38. The fourth-order valence-electron chi connectivity index (χ4n) is 3.78. The molecule has 2 aliphatic rings. The Kier molecular flexibility index (Phi) is 7.43. The highest BCUT2D eigenvalue weighted by atomic mass is 79.9. The van der Waals surface area contributed by atoms with E-state index in [0.717, 1.165) is 20.8 Å². The molecule has 0 aliphatic carbocycles. The van der Waals surface area contributed by atoms with Crippen LogP contribution in [0.5, 0.6) is 5.75 Å². The van der Waals surface area contributed by atoms with Crippen LogP contribution in [0.1, 0.15) is 31.0 Å². The normalized spacial score (nSPS) is 16.8. The predicted octanol–water partition coefficient (Wildman–Crippen LogP) is 5.54. The summed E-state index contributed by atoms with van der Waals surface area (Å²) < 4.78 is 12.3. The number of anilines is 1. The maximum atomic E-state index is 12.9. The van der Waals surface area contributed by atoms with Crippen LogP contribution in [0.4, 0.5) is 5.69 Å². The molecule has 2 aromatic rings. The molecular formula is C25H24BrN3O4S. The second kappa shape index (κ2) is 10.5. The molecule has 176 valence electrons. The SMILES string of the molecule is CCOC(=O)C1=C(C)N=C2SC=CN2[C@@H]1c1ccccc1OCC(=O)Nc1ccc(Br)c(C)c1. The van der Waals surface area contributed by atoms with Crippen molar-refractivity contribution in [1.29, 1.82) is 0 Å². The zero-order valence-electron chi connectivity index (χ0n) is 19.0. The van der Waals surface area contributed by atoms with E-state index < -0.39 is 12.0 Å². The van der Waals surface area contributed by atoms with Gasteiger partial charge in [0.15, 0.2) is 11.8 Å². The van der Waals surface area contributed by atoms with Crippen LogP contribution in [-0.4, -0.2) is 35.2 Å². The molecule has 2 heterocycles.